The number of allylic oxidation sites excluding steroid dienone is 5. The maximum Gasteiger partial charge on any atom is 0.0799 e. The highest BCUT2D eigenvalue weighted by atomic mass is 16.3. The van der Waals surface area contributed by atoms with Gasteiger partial charge in [-0.15, -0.1) is 0 Å². The van der Waals surface area contributed by atoms with Crippen molar-refractivity contribution >= 4 is 0 Å². The Morgan fingerprint density at radius 3 is 1.83 bits per heavy atom. The van der Waals surface area contributed by atoms with Gasteiger partial charge in [0.05, 0.1) is 12.2 Å². The van der Waals surface area contributed by atoms with Gasteiger partial charge in [0.1, 0.15) is 0 Å². The summed E-state index contributed by atoms with van der Waals surface area (Å²) in [6, 6.07) is 0. The Labute approximate surface area is 150 Å². The van der Waals surface area contributed by atoms with Gasteiger partial charge in [0.25, 0.3) is 0 Å². The summed E-state index contributed by atoms with van der Waals surface area (Å²) in [7, 11) is 0. The second-order valence-corrected chi connectivity index (χ2v) is 6.73. The average Bonchev–Trinajstić information content (AvgIpc) is 2.58. The third-order valence-electron chi connectivity index (χ3n) is 4.41. The minimum atomic E-state index is -0.524. The number of unbranched alkanes of at least 4 members (excludes halogenated alkanes) is 9. The predicted molar refractivity (Wildman–Crippen MR) is 106 cm³/mol. The summed E-state index contributed by atoms with van der Waals surface area (Å²) in [5.41, 5.74) is 0. The van der Waals surface area contributed by atoms with Crippen LogP contribution in [0.4, 0.5) is 0 Å². The second kappa shape index (κ2) is 18.5. The van der Waals surface area contributed by atoms with Crippen LogP contribution in [-0.2, 0) is 0 Å². The highest BCUT2D eigenvalue weighted by Gasteiger charge is 2.14. The topological polar surface area (TPSA) is 40.5 Å². The molecule has 0 aliphatic rings. The van der Waals surface area contributed by atoms with E-state index in [0.717, 1.165) is 44.9 Å². The van der Waals surface area contributed by atoms with Crippen molar-refractivity contribution in [2.45, 2.75) is 103 Å². The number of aliphatic hydroxyl groups excluding tert-OH is 2. The molecule has 0 rings (SSSR count). The summed E-state index contributed by atoms with van der Waals surface area (Å²) in [5, 5.41) is 19.8. The minimum absolute atomic E-state index is 0.522. The van der Waals surface area contributed by atoms with Crippen molar-refractivity contribution in [2.75, 3.05) is 0 Å². The first-order valence-electron chi connectivity index (χ1n) is 10.0. The van der Waals surface area contributed by atoms with Crippen LogP contribution in [0.25, 0.3) is 0 Å². The molecule has 0 saturated carbocycles. The molecule has 0 aromatic carbocycles. The zero-order valence-corrected chi connectivity index (χ0v) is 15.8. The fraction of sp³-hybridized carbons (Fsp3) is 0.727. The molecule has 0 aliphatic heterocycles. The van der Waals surface area contributed by atoms with Crippen LogP contribution >= 0.6 is 0 Å². The maximum atomic E-state index is 9.93. The molecule has 140 valence electrons. The van der Waals surface area contributed by atoms with Crippen molar-refractivity contribution in [3.63, 3.8) is 0 Å². The van der Waals surface area contributed by atoms with Gasteiger partial charge in [0.2, 0.25) is 0 Å². The minimum Gasteiger partial charge on any atom is -0.390 e. The van der Waals surface area contributed by atoms with E-state index in [1.165, 1.54) is 38.5 Å². The molecular formula is C22H40O2. The quantitative estimate of drug-likeness (QED) is 0.249. The highest BCUT2D eigenvalue weighted by molar-refractivity contribution is 5.08. The van der Waals surface area contributed by atoms with Crippen molar-refractivity contribution in [1.82, 2.24) is 0 Å². The van der Waals surface area contributed by atoms with Gasteiger partial charge in [-0.1, -0.05) is 102 Å². The Kier molecular flexibility index (Phi) is 17.8. The summed E-state index contributed by atoms with van der Waals surface area (Å²) in [6.07, 6.45) is 23.6. The lowest BCUT2D eigenvalue weighted by Gasteiger charge is -2.17. The Hall–Kier alpha value is -0.860. The molecule has 0 aromatic rings. The monoisotopic (exact) mass is 336 g/mol. The number of hydrogen-bond donors (Lipinski definition) is 2. The molecule has 2 atom stereocenters. The Morgan fingerprint density at radius 2 is 1.25 bits per heavy atom. The van der Waals surface area contributed by atoms with Crippen LogP contribution in [0, 0.1) is 0 Å². The van der Waals surface area contributed by atoms with Crippen LogP contribution in [0.3, 0.4) is 0 Å². The molecule has 0 amide bonds. The van der Waals surface area contributed by atoms with Crippen molar-refractivity contribution in [1.29, 1.82) is 0 Å². The summed E-state index contributed by atoms with van der Waals surface area (Å²) < 4.78 is 0. The molecule has 0 aromatic heterocycles. The molecule has 24 heavy (non-hydrogen) atoms. The zero-order valence-electron chi connectivity index (χ0n) is 15.8. The molecule has 0 aliphatic carbocycles. The van der Waals surface area contributed by atoms with Gasteiger partial charge in [-0.3, -0.25) is 0 Å². The standard InChI is InChI=1S/C22H40O2/c1-3-5-7-8-9-10-11-12-13-14-15-16-18-20-22(24)21(23)19-17-6-4-2/h3,5,7-9,21-24H,1,4,6,10-20H2,2H3/b7-5+,9-8+. The lowest BCUT2D eigenvalue weighted by Crippen LogP contribution is -2.25. The fourth-order valence-electron chi connectivity index (χ4n) is 2.81. The molecule has 0 radical (unpaired) electrons. The van der Waals surface area contributed by atoms with E-state index in [-0.39, 0.29) is 0 Å². The van der Waals surface area contributed by atoms with Gasteiger partial charge in [0.15, 0.2) is 0 Å². The van der Waals surface area contributed by atoms with Crippen LogP contribution in [-0.4, -0.2) is 22.4 Å². The molecule has 0 saturated heterocycles. The smallest absolute Gasteiger partial charge is 0.0799 e. The number of hydrogen-bond acceptors (Lipinski definition) is 2. The molecule has 2 unspecified atom stereocenters. The molecular weight excluding hydrogens is 296 g/mol. The van der Waals surface area contributed by atoms with Gasteiger partial charge in [0, 0.05) is 0 Å². The molecule has 2 heteroatoms. The van der Waals surface area contributed by atoms with Crippen LogP contribution in [0.1, 0.15) is 90.4 Å². The van der Waals surface area contributed by atoms with Gasteiger partial charge < -0.3 is 10.2 Å². The molecule has 2 nitrogen and oxygen atoms in total. The van der Waals surface area contributed by atoms with E-state index in [1.54, 1.807) is 6.08 Å². The molecule has 0 fully saturated rings. The molecule has 2 N–H and O–H groups in total. The van der Waals surface area contributed by atoms with E-state index < -0.39 is 12.2 Å². The predicted octanol–water partition coefficient (Wildman–Crippen LogP) is 6.10. The van der Waals surface area contributed by atoms with E-state index >= 15 is 0 Å². The fourth-order valence-corrected chi connectivity index (χ4v) is 2.81. The zero-order chi connectivity index (χ0) is 17.9. The Morgan fingerprint density at radius 1 is 0.708 bits per heavy atom. The highest BCUT2D eigenvalue weighted by Crippen LogP contribution is 2.14. The van der Waals surface area contributed by atoms with Gasteiger partial charge in [-0.2, -0.15) is 0 Å². The average molecular weight is 337 g/mol. The van der Waals surface area contributed by atoms with E-state index in [9.17, 15) is 10.2 Å². The van der Waals surface area contributed by atoms with Crippen molar-refractivity contribution in [3.05, 3.63) is 37.0 Å². The van der Waals surface area contributed by atoms with Crippen molar-refractivity contribution in [3.8, 4) is 0 Å². The third kappa shape index (κ3) is 16.0. The molecule has 0 spiro atoms. The van der Waals surface area contributed by atoms with Crippen molar-refractivity contribution in [2.24, 2.45) is 0 Å². The first-order chi connectivity index (χ1) is 11.7. The van der Waals surface area contributed by atoms with Gasteiger partial charge >= 0.3 is 0 Å². The third-order valence-corrected chi connectivity index (χ3v) is 4.41. The lowest BCUT2D eigenvalue weighted by atomic mass is 10.00. The molecule has 0 heterocycles. The summed E-state index contributed by atoms with van der Waals surface area (Å²) >= 11 is 0. The van der Waals surface area contributed by atoms with E-state index in [4.69, 9.17) is 0 Å². The first-order valence-corrected chi connectivity index (χ1v) is 10.0. The maximum absolute atomic E-state index is 9.93. The Bertz CT molecular complexity index is 320. The van der Waals surface area contributed by atoms with E-state index in [2.05, 4.69) is 25.7 Å². The van der Waals surface area contributed by atoms with Crippen LogP contribution in [0.5, 0.6) is 0 Å². The summed E-state index contributed by atoms with van der Waals surface area (Å²) in [5.74, 6) is 0. The number of rotatable bonds is 17. The van der Waals surface area contributed by atoms with E-state index in [1.807, 2.05) is 12.2 Å². The second-order valence-electron chi connectivity index (χ2n) is 6.73. The van der Waals surface area contributed by atoms with Crippen molar-refractivity contribution < 1.29 is 10.2 Å². The SMILES string of the molecule is C=C/C=C/C=C/CCCCCCCCCC(O)C(O)CCCCC. The summed E-state index contributed by atoms with van der Waals surface area (Å²) in [4.78, 5) is 0. The lowest BCUT2D eigenvalue weighted by molar-refractivity contribution is 0.00718. The van der Waals surface area contributed by atoms with E-state index in [0.29, 0.717) is 0 Å². The number of aliphatic hydroxyl groups is 2. The summed E-state index contributed by atoms with van der Waals surface area (Å²) in [6.45, 7) is 5.79. The van der Waals surface area contributed by atoms with Gasteiger partial charge in [-0.05, 0) is 25.7 Å². The molecule has 0 bridgehead atoms. The van der Waals surface area contributed by atoms with Crippen LogP contribution < -0.4 is 0 Å². The van der Waals surface area contributed by atoms with Crippen LogP contribution in [0.2, 0.25) is 0 Å². The normalized spacial score (nSPS) is 14.5. The Balaban J connectivity index is 3.33. The first kappa shape index (κ1) is 23.1. The largest absolute Gasteiger partial charge is 0.390 e. The van der Waals surface area contributed by atoms with Gasteiger partial charge in [-0.25, -0.2) is 0 Å². The van der Waals surface area contributed by atoms with Crippen LogP contribution in [0.15, 0.2) is 37.0 Å².